The van der Waals surface area contributed by atoms with E-state index in [-0.39, 0.29) is 30.1 Å². The highest BCUT2D eigenvalue weighted by Crippen LogP contribution is 2.33. The molecule has 0 aliphatic carbocycles. The molecule has 0 bridgehead atoms. The first-order valence-electron chi connectivity index (χ1n) is 10.3. The van der Waals surface area contributed by atoms with Crippen LogP contribution in [-0.4, -0.2) is 59.8 Å². The summed E-state index contributed by atoms with van der Waals surface area (Å²) in [5.74, 6) is -1.11. The van der Waals surface area contributed by atoms with E-state index in [4.69, 9.17) is 11.6 Å². The molecule has 0 saturated carbocycles. The average Bonchev–Trinajstić information content (AvgIpc) is 3.15. The van der Waals surface area contributed by atoms with E-state index in [1.807, 2.05) is 6.92 Å². The molecule has 0 spiro atoms. The number of hydrogen-bond acceptors (Lipinski definition) is 6. The molecule has 1 saturated heterocycles. The number of imidazole rings is 1. The average molecular weight is 483 g/mol. The summed E-state index contributed by atoms with van der Waals surface area (Å²) >= 11 is 6.33. The van der Waals surface area contributed by atoms with Crippen LogP contribution in [0.3, 0.4) is 0 Å². The Labute approximate surface area is 190 Å². The number of nitrogens with zero attached hydrogens (tertiary/aromatic N) is 3. The maximum absolute atomic E-state index is 13.1. The normalized spacial score (nSPS) is 22.4. The largest absolute Gasteiger partial charge is 0.336 e. The number of aromatic nitrogens is 3. The van der Waals surface area contributed by atoms with Gasteiger partial charge in [0.1, 0.15) is 11.5 Å². The van der Waals surface area contributed by atoms with Crippen molar-refractivity contribution in [2.75, 3.05) is 26.2 Å². The van der Waals surface area contributed by atoms with Crippen LogP contribution in [0, 0.1) is 17.7 Å². The van der Waals surface area contributed by atoms with Crippen molar-refractivity contribution in [3.8, 4) is 11.5 Å². The van der Waals surface area contributed by atoms with Crippen molar-refractivity contribution >= 4 is 33.3 Å². The minimum Gasteiger partial charge on any atom is -0.336 e. The summed E-state index contributed by atoms with van der Waals surface area (Å²) in [5.41, 5.74) is 1.81. The summed E-state index contributed by atoms with van der Waals surface area (Å²) in [6.45, 7) is 3.45. The van der Waals surface area contributed by atoms with Gasteiger partial charge >= 0.3 is 10.2 Å². The smallest absolute Gasteiger partial charge is 0.304 e. The first kappa shape index (κ1) is 22.8. The first-order chi connectivity index (χ1) is 15.2. The lowest BCUT2D eigenvalue weighted by molar-refractivity contribution is -0.123. The van der Waals surface area contributed by atoms with E-state index in [9.17, 15) is 17.6 Å². The summed E-state index contributed by atoms with van der Waals surface area (Å²) in [5, 5.41) is 3.33. The lowest BCUT2D eigenvalue weighted by atomic mass is 9.95. The van der Waals surface area contributed by atoms with Crippen LogP contribution in [0.15, 0.2) is 24.4 Å². The van der Waals surface area contributed by atoms with E-state index >= 15 is 0 Å². The van der Waals surface area contributed by atoms with Crippen LogP contribution in [0.4, 0.5) is 4.39 Å². The zero-order valence-electron chi connectivity index (χ0n) is 17.4. The van der Waals surface area contributed by atoms with Gasteiger partial charge in [-0.25, -0.2) is 19.1 Å². The van der Waals surface area contributed by atoms with E-state index in [2.05, 4.69) is 25.0 Å². The highest BCUT2D eigenvalue weighted by atomic mass is 35.5. The van der Waals surface area contributed by atoms with Gasteiger partial charge < -0.3 is 10.3 Å². The number of H-pyrrole nitrogens is 1. The van der Waals surface area contributed by atoms with Crippen molar-refractivity contribution in [3.63, 3.8) is 0 Å². The molecular weight excluding hydrogens is 459 g/mol. The Morgan fingerprint density at radius 3 is 2.84 bits per heavy atom. The molecule has 3 N–H and O–H groups in total. The van der Waals surface area contributed by atoms with Gasteiger partial charge in [-0.2, -0.15) is 12.7 Å². The Morgan fingerprint density at radius 1 is 1.38 bits per heavy atom. The third-order valence-corrected chi connectivity index (χ3v) is 7.39. The van der Waals surface area contributed by atoms with E-state index in [0.717, 1.165) is 24.7 Å². The van der Waals surface area contributed by atoms with Crippen molar-refractivity contribution in [3.05, 3.63) is 41.1 Å². The molecule has 2 aliphatic heterocycles. The molecule has 4 heterocycles. The summed E-state index contributed by atoms with van der Waals surface area (Å²) < 4.78 is 42.1. The molecule has 0 aromatic carbocycles. The fraction of sp³-hybridized carbons (Fsp3) is 0.450. The number of carbonyl (C=O) groups is 1. The highest BCUT2D eigenvalue weighted by molar-refractivity contribution is 7.87. The van der Waals surface area contributed by atoms with Crippen molar-refractivity contribution in [1.82, 2.24) is 29.3 Å². The van der Waals surface area contributed by atoms with E-state index in [1.54, 1.807) is 6.08 Å². The summed E-state index contributed by atoms with van der Waals surface area (Å²) in [7, 11) is -3.97. The predicted octanol–water partition coefficient (Wildman–Crippen LogP) is 1.96. The summed E-state index contributed by atoms with van der Waals surface area (Å²) in [6, 6.07) is 2.77. The molecule has 2 aliphatic rings. The van der Waals surface area contributed by atoms with E-state index in [1.165, 1.54) is 16.4 Å². The molecule has 32 heavy (non-hydrogen) atoms. The fourth-order valence-electron chi connectivity index (χ4n) is 3.96. The molecule has 4 rings (SSSR count). The van der Waals surface area contributed by atoms with Crippen LogP contribution < -0.4 is 10.0 Å². The van der Waals surface area contributed by atoms with Crippen LogP contribution in [0.1, 0.15) is 25.5 Å². The fourth-order valence-corrected chi connectivity index (χ4v) is 5.44. The van der Waals surface area contributed by atoms with E-state index in [0.29, 0.717) is 30.2 Å². The standard InChI is InChI=1S/C20H24ClFN6O3S/c1-12-11-28(32(30,31)27-20(29)13-3-2-7-23-9-13)8-6-15(12)17-18(21)26-19(25-17)16-5-4-14(22)10-24-16/h4-6,10,12-13,23H,2-3,7-9,11H2,1H3,(H,25,26)(H,27,29)/t12-,13?/m0/s1. The number of piperidine rings is 1. The molecule has 1 unspecified atom stereocenters. The molecule has 2 aromatic rings. The van der Waals surface area contributed by atoms with Crippen LogP contribution >= 0.6 is 11.6 Å². The van der Waals surface area contributed by atoms with Gasteiger partial charge in [0, 0.05) is 19.6 Å². The molecule has 2 aromatic heterocycles. The van der Waals surface area contributed by atoms with Gasteiger partial charge in [-0.3, -0.25) is 4.79 Å². The first-order valence-corrected chi connectivity index (χ1v) is 12.2. The SMILES string of the molecule is C[C@H]1CN(S(=O)(=O)NC(=O)C2CCCNC2)CC=C1c1[nH]c(-c2ccc(F)cn2)nc1Cl. The molecule has 172 valence electrons. The van der Waals surface area contributed by atoms with Crippen molar-refractivity contribution in [2.45, 2.75) is 19.8 Å². The van der Waals surface area contributed by atoms with Gasteiger partial charge in [0.25, 0.3) is 0 Å². The number of halogens is 2. The molecule has 2 atom stereocenters. The second-order valence-corrected chi connectivity index (χ2v) is 10.0. The van der Waals surface area contributed by atoms with Crippen molar-refractivity contribution in [1.29, 1.82) is 0 Å². The van der Waals surface area contributed by atoms with Crippen LogP contribution in [0.5, 0.6) is 0 Å². The number of hydrogen-bond donors (Lipinski definition) is 3. The Balaban J connectivity index is 1.49. The molecule has 9 nitrogen and oxygen atoms in total. The Hall–Kier alpha value is -2.34. The molecule has 1 fully saturated rings. The van der Waals surface area contributed by atoms with Crippen molar-refractivity contribution in [2.24, 2.45) is 11.8 Å². The van der Waals surface area contributed by atoms with Gasteiger partial charge in [-0.05, 0) is 43.0 Å². The predicted molar refractivity (Wildman–Crippen MR) is 118 cm³/mol. The lowest BCUT2D eigenvalue weighted by Gasteiger charge is -2.31. The molecular formula is C20H24ClFN6O3S. The lowest BCUT2D eigenvalue weighted by Crippen LogP contribution is -2.50. The second kappa shape index (κ2) is 9.26. The number of amides is 1. The minimum absolute atomic E-state index is 0.0880. The Kier molecular flexibility index (Phi) is 6.61. The Bertz CT molecular complexity index is 1130. The van der Waals surface area contributed by atoms with Crippen LogP contribution in [0.2, 0.25) is 5.15 Å². The maximum atomic E-state index is 13.1. The number of nitrogens with one attached hydrogen (secondary N) is 3. The van der Waals surface area contributed by atoms with Crippen LogP contribution in [-0.2, 0) is 15.0 Å². The number of carbonyl (C=O) groups excluding carboxylic acids is 1. The highest BCUT2D eigenvalue weighted by Gasteiger charge is 2.33. The zero-order valence-corrected chi connectivity index (χ0v) is 19.0. The number of rotatable bonds is 5. The van der Waals surface area contributed by atoms with Gasteiger partial charge in [-0.15, -0.1) is 0 Å². The summed E-state index contributed by atoms with van der Waals surface area (Å²) in [4.78, 5) is 23.8. The van der Waals surface area contributed by atoms with Gasteiger partial charge in [0.2, 0.25) is 5.91 Å². The third kappa shape index (κ3) is 4.85. The monoisotopic (exact) mass is 482 g/mol. The summed E-state index contributed by atoms with van der Waals surface area (Å²) in [6.07, 6.45) is 4.35. The molecule has 0 radical (unpaired) electrons. The molecule has 12 heteroatoms. The number of aromatic amines is 1. The maximum Gasteiger partial charge on any atom is 0.304 e. The topological polar surface area (TPSA) is 120 Å². The quantitative estimate of drug-likeness (QED) is 0.599. The third-order valence-electron chi connectivity index (χ3n) is 5.68. The van der Waals surface area contributed by atoms with Gasteiger partial charge in [-0.1, -0.05) is 24.6 Å². The van der Waals surface area contributed by atoms with Crippen molar-refractivity contribution < 1.29 is 17.6 Å². The second-order valence-electron chi connectivity index (χ2n) is 8.01. The van der Waals surface area contributed by atoms with Gasteiger partial charge in [0.05, 0.1) is 17.8 Å². The zero-order chi connectivity index (χ0) is 22.9. The number of pyridine rings is 1. The van der Waals surface area contributed by atoms with Gasteiger partial charge in [0.15, 0.2) is 11.0 Å². The Morgan fingerprint density at radius 2 is 2.19 bits per heavy atom. The van der Waals surface area contributed by atoms with E-state index < -0.39 is 21.9 Å². The minimum atomic E-state index is -3.97. The molecule has 1 amide bonds. The van der Waals surface area contributed by atoms with Crippen LogP contribution in [0.25, 0.3) is 17.1 Å².